The molecular weight excluding hydrogens is 303 g/mol. The van der Waals surface area contributed by atoms with E-state index in [1.54, 1.807) is 14.1 Å². The Hall–Kier alpha value is -1.43. The number of rotatable bonds is 4. The van der Waals surface area contributed by atoms with Crippen LogP contribution in [-0.2, 0) is 4.79 Å². The van der Waals surface area contributed by atoms with E-state index in [0.717, 1.165) is 0 Å². The highest BCUT2D eigenvalue weighted by Gasteiger charge is 2.14. The van der Waals surface area contributed by atoms with Crippen LogP contribution in [0.15, 0.2) is 22.7 Å². The average molecular weight is 317 g/mol. The van der Waals surface area contributed by atoms with Gasteiger partial charge in [0.25, 0.3) is 5.91 Å². The van der Waals surface area contributed by atoms with Gasteiger partial charge in [-0.2, -0.15) is 0 Å². The lowest BCUT2D eigenvalue weighted by Gasteiger charge is -2.16. The SMILES string of the molecule is CNC(=O)CCN(C)C(=O)c1ccc(F)c(Br)c1. The molecule has 2 amide bonds. The van der Waals surface area contributed by atoms with Gasteiger partial charge in [-0.3, -0.25) is 9.59 Å². The molecule has 0 aliphatic rings. The number of benzene rings is 1. The number of nitrogens with zero attached hydrogens (tertiary/aromatic N) is 1. The lowest BCUT2D eigenvalue weighted by Crippen LogP contribution is -2.31. The van der Waals surface area contributed by atoms with Crippen LogP contribution < -0.4 is 5.32 Å². The third kappa shape index (κ3) is 3.80. The highest BCUT2D eigenvalue weighted by atomic mass is 79.9. The van der Waals surface area contributed by atoms with Gasteiger partial charge < -0.3 is 10.2 Å². The van der Waals surface area contributed by atoms with Gasteiger partial charge in [-0.15, -0.1) is 0 Å². The number of hydrogen-bond donors (Lipinski definition) is 1. The molecule has 0 bridgehead atoms. The summed E-state index contributed by atoms with van der Waals surface area (Å²) in [5, 5.41) is 2.48. The Morgan fingerprint density at radius 1 is 1.44 bits per heavy atom. The Kier molecular flexibility index (Phi) is 5.27. The molecule has 98 valence electrons. The van der Waals surface area contributed by atoms with Crippen molar-refractivity contribution in [1.82, 2.24) is 10.2 Å². The summed E-state index contributed by atoms with van der Waals surface area (Å²) in [6, 6.07) is 4.07. The predicted octanol–water partition coefficient (Wildman–Crippen LogP) is 1.80. The minimum absolute atomic E-state index is 0.130. The first kappa shape index (κ1) is 14.6. The molecule has 0 aromatic heterocycles. The first-order valence-corrected chi connectivity index (χ1v) is 6.16. The van der Waals surface area contributed by atoms with Crippen LogP contribution in [0.5, 0.6) is 0 Å². The molecule has 0 heterocycles. The third-order valence-electron chi connectivity index (χ3n) is 2.47. The minimum atomic E-state index is -0.417. The van der Waals surface area contributed by atoms with E-state index in [1.807, 2.05) is 0 Å². The van der Waals surface area contributed by atoms with E-state index >= 15 is 0 Å². The average Bonchev–Trinajstić information content (AvgIpc) is 2.37. The number of carbonyl (C=O) groups excluding carboxylic acids is 2. The fourth-order valence-electron chi connectivity index (χ4n) is 1.35. The molecule has 1 rings (SSSR count). The molecule has 0 unspecified atom stereocenters. The third-order valence-corrected chi connectivity index (χ3v) is 3.07. The quantitative estimate of drug-likeness (QED) is 0.920. The molecule has 0 saturated heterocycles. The Bertz CT molecular complexity index is 465. The summed E-state index contributed by atoms with van der Waals surface area (Å²) in [4.78, 5) is 24.5. The molecule has 1 aromatic carbocycles. The van der Waals surface area contributed by atoms with Gasteiger partial charge in [-0.25, -0.2) is 4.39 Å². The zero-order valence-electron chi connectivity index (χ0n) is 10.2. The van der Waals surface area contributed by atoms with E-state index in [2.05, 4.69) is 21.2 Å². The van der Waals surface area contributed by atoms with Gasteiger partial charge in [0.15, 0.2) is 0 Å². The van der Waals surface area contributed by atoms with Gasteiger partial charge in [0.2, 0.25) is 5.91 Å². The van der Waals surface area contributed by atoms with Gasteiger partial charge >= 0.3 is 0 Å². The molecule has 0 aliphatic carbocycles. The van der Waals surface area contributed by atoms with Crippen LogP contribution in [0.25, 0.3) is 0 Å². The molecule has 0 atom stereocenters. The second kappa shape index (κ2) is 6.49. The van der Waals surface area contributed by atoms with Crippen molar-refractivity contribution >= 4 is 27.7 Å². The number of nitrogens with one attached hydrogen (secondary N) is 1. The summed E-state index contributed by atoms with van der Waals surface area (Å²) in [6.07, 6.45) is 0.237. The largest absolute Gasteiger partial charge is 0.359 e. The van der Waals surface area contributed by atoms with Gasteiger partial charge in [-0.05, 0) is 34.1 Å². The van der Waals surface area contributed by atoms with Crippen molar-refractivity contribution in [1.29, 1.82) is 0 Å². The van der Waals surface area contributed by atoms with E-state index in [4.69, 9.17) is 0 Å². The monoisotopic (exact) mass is 316 g/mol. The highest BCUT2D eigenvalue weighted by Crippen LogP contribution is 2.17. The minimum Gasteiger partial charge on any atom is -0.359 e. The normalized spacial score (nSPS) is 10.0. The maximum absolute atomic E-state index is 13.0. The van der Waals surface area contributed by atoms with Gasteiger partial charge in [0, 0.05) is 32.6 Å². The van der Waals surface area contributed by atoms with Crippen LogP contribution in [0.3, 0.4) is 0 Å². The standard InChI is InChI=1S/C12H14BrFN2O2/c1-15-11(17)5-6-16(2)12(18)8-3-4-10(14)9(13)7-8/h3-4,7H,5-6H2,1-2H3,(H,15,17). The van der Waals surface area contributed by atoms with Crippen LogP contribution in [0.1, 0.15) is 16.8 Å². The first-order valence-electron chi connectivity index (χ1n) is 5.36. The summed E-state index contributed by atoms with van der Waals surface area (Å²) in [5.41, 5.74) is 0.377. The Morgan fingerprint density at radius 2 is 2.11 bits per heavy atom. The van der Waals surface area contributed by atoms with Crippen LogP contribution in [0, 0.1) is 5.82 Å². The molecule has 1 N–H and O–H groups in total. The lowest BCUT2D eigenvalue weighted by atomic mass is 10.2. The second-order valence-corrected chi connectivity index (χ2v) is 4.63. The number of halogens is 2. The van der Waals surface area contributed by atoms with Gasteiger partial charge in [0.05, 0.1) is 4.47 Å². The van der Waals surface area contributed by atoms with Crippen LogP contribution in [0.2, 0.25) is 0 Å². The van der Waals surface area contributed by atoms with E-state index in [-0.39, 0.29) is 22.7 Å². The van der Waals surface area contributed by atoms with Crippen molar-refractivity contribution in [3.8, 4) is 0 Å². The fraction of sp³-hybridized carbons (Fsp3) is 0.333. The summed E-state index contributed by atoms with van der Waals surface area (Å²) in [6.45, 7) is 0.313. The van der Waals surface area contributed by atoms with Crippen molar-refractivity contribution in [3.63, 3.8) is 0 Å². The zero-order valence-corrected chi connectivity index (χ0v) is 11.8. The molecule has 0 saturated carbocycles. The number of carbonyl (C=O) groups is 2. The fourth-order valence-corrected chi connectivity index (χ4v) is 1.72. The smallest absolute Gasteiger partial charge is 0.253 e. The van der Waals surface area contributed by atoms with Crippen molar-refractivity contribution < 1.29 is 14.0 Å². The zero-order chi connectivity index (χ0) is 13.7. The summed E-state index contributed by atoms with van der Waals surface area (Å²) >= 11 is 3.03. The summed E-state index contributed by atoms with van der Waals surface area (Å²) in [5.74, 6) is -0.797. The summed E-state index contributed by atoms with van der Waals surface area (Å²) < 4.78 is 13.3. The van der Waals surface area contributed by atoms with Crippen molar-refractivity contribution in [2.75, 3.05) is 20.6 Å². The first-order chi connectivity index (χ1) is 8.45. The van der Waals surface area contributed by atoms with E-state index in [1.165, 1.54) is 23.1 Å². The number of amides is 2. The summed E-state index contributed by atoms with van der Waals surface area (Å²) in [7, 11) is 3.14. The molecule has 4 nitrogen and oxygen atoms in total. The van der Waals surface area contributed by atoms with Crippen LogP contribution in [0.4, 0.5) is 4.39 Å². The maximum atomic E-state index is 13.0. The van der Waals surface area contributed by atoms with E-state index in [9.17, 15) is 14.0 Å². The Morgan fingerprint density at radius 3 is 2.67 bits per heavy atom. The van der Waals surface area contributed by atoms with Crippen LogP contribution in [-0.4, -0.2) is 37.4 Å². The van der Waals surface area contributed by atoms with Gasteiger partial charge in [0.1, 0.15) is 5.82 Å². The topological polar surface area (TPSA) is 49.4 Å². The highest BCUT2D eigenvalue weighted by molar-refractivity contribution is 9.10. The Balaban J connectivity index is 2.68. The molecule has 0 spiro atoms. The van der Waals surface area contributed by atoms with Gasteiger partial charge in [-0.1, -0.05) is 0 Å². The Labute approximate surface area is 113 Å². The molecule has 0 aliphatic heterocycles. The second-order valence-electron chi connectivity index (χ2n) is 3.78. The molecular formula is C12H14BrFN2O2. The van der Waals surface area contributed by atoms with E-state index in [0.29, 0.717) is 12.1 Å². The van der Waals surface area contributed by atoms with E-state index < -0.39 is 5.82 Å². The van der Waals surface area contributed by atoms with Crippen LogP contribution >= 0.6 is 15.9 Å². The molecule has 18 heavy (non-hydrogen) atoms. The van der Waals surface area contributed by atoms with Crippen molar-refractivity contribution in [2.45, 2.75) is 6.42 Å². The molecule has 1 aromatic rings. The molecule has 0 radical (unpaired) electrons. The number of hydrogen-bond acceptors (Lipinski definition) is 2. The van der Waals surface area contributed by atoms with Crippen molar-refractivity contribution in [2.24, 2.45) is 0 Å². The van der Waals surface area contributed by atoms with Crippen molar-refractivity contribution in [3.05, 3.63) is 34.1 Å². The predicted molar refractivity (Wildman–Crippen MR) is 69.7 cm³/mol. The molecule has 0 fully saturated rings. The maximum Gasteiger partial charge on any atom is 0.253 e. The lowest BCUT2D eigenvalue weighted by molar-refractivity contribution is -0.120. The molecule has 6 heteroatoms.